The molecule has 2 amide bonds. The summed E-state index contributed by atoms with van der Waals surface area (Å²) in [5.74, 6) is -0.541. The van der Waals surface area contributed by atoms with Crippen LogP contribution in [-0.4, -0.2) is 17.9 Å². The zero-order valence-corrected chi connectivity index (χ0v) is 13.2. The highest BCUT2D eigenvalue weighted by molar-refractivity contribution is 9.10. The van der Waals surface area contributed by atoms with Gasteiger partial charge < -0.3 is 15.1 Å². The van der Waals surface area contributed by atoms with E-state index in [0.29, 0.717) is 5.69 Å². The van der Waals surface area contributed by atoms with Crippen molar-refractivity contribution in [2.45, 2.75) is 19.9 Å². The van der Waals surface area contributed by atoms with Gasteiger partial charge in [-0.25, -0.2) is 0 Å². The predicted octanol–water partition coefficient (Wildman–Crippen LogP) is 3.11. The van der Waals surface area contributed by atoms with Crippen molar-refractivity contribution in [1.29, 1.82) is 0 Å². The number of carbonyl (C=O) groups is 2. The fourth-order valence-corrected chi connectivity index (χ4v) is 1.96. The summed E-state index contributed by atoms with van der Waals surface area (Å²) in [5, 5.41) is 5.33. The van der Waals surface area contributed by atoms with Crippen LogP contribution in [0.15, 0.2) is 45.5 Å². The van der Waals surface area contributed by atoms with Crippen molar-refractivity contribution >= 4 is 33.4 Å². The molecular weight excluding hydrogens is 336 g/mol. The Morgan fingerprint density at radius 2 is 2.05 bits per heavy atom. The molecule has 0 aliphatic rings. The van der Waals surface area contributed by atoms with Gasteiger partial charge in [0.25, 0.3) is 5.91 Å². The first-order valence-corrected chi connectivity index (χ1v) is 7.18. The third kappa shape index (κ3) is 3.95. The van der Waals surface area contributed by atoms with Gasteiger partial charge in [-0.2, -0.15) is 0 Å². The summed E-state index contributed by atoms with van der Waals surface area (Å²) in [4.78, 5) is 23.8. The minimum absolute atomic E-state index is 0.175. The smallest absolute Gasteiger partial charge is 0.287 e. The number of anilines is 1. The number of furan rings is 1. The molecule has 1 heterocycles. The van der Waals surface area contributed by atoms with Gasteiger partial charge in [0.2, 0.25) is 5.91 Å². The Labute approximate surface area is 130 Å². The second-order valence-electron chi connectivity index (χ2n) is 4.63. The summed E-state index contributed by atoms with van der Waals surface area (Å²) in [6.45, 7) is 3.55. The van der Waals surface area contributed by atoms with E-state index in [0.717, 1.165) is 10.0 Å². The SMILES string of the molecule is Cc1cc(NC(=O)[C@@H](C)NC(=O)c2ccco2)ccc1Br. The second-order valence-corrected chi connectivity index (χ2v) is 5.48. The fraction of sp³-hybridized carbons (Fsp3) is 0.200. The fourth-order valence-electron chi connectivity index (χ4n) is 1.71. The van der Waals surface area contributed by atoms with Crippen molar-refractivity contribution in [3.63, 3.8) is 0 Å². The zero-order valence-electron chi connectivity index (χ0n) is 11.6. The Morgan fingerprint density at radius 3 is 2.67 bits per heavy atom. The molecule has 0 spiro atoms. The zero-order chi connectivity index (χ0) is 15.4. The van der Waals surface area contributed by atoms with E-state index in [1.165, 1.54) is 12.3 Å². The van der Waals surface area contributed by atoms with Crippen molar-refractivity contribution in [1.82, 2.24) is 5.32 Å². The van der Waals surface area contributed by atoms with Crippen molar-refractivity contribution in [2.24, 2.45) is 0 Å². The standard InChI is InChI=1S/C15H15BrN2O3/c1-9-8-11(5-6-12(9)16)18-14(19)10(2)17-15(20)13-4-3-7-21-13/h3-8,10H,1-2H3,(H,17,20)(H,18,19)/t10-/m1/s1. The molecule has 2 rings (SSSR count). The quantitative estimate of drug-likeness (QED) is 0.889. The van der Waals surface area contributed by atoms with E-state index in [9.17, 15) is 9.59 Å². The molecule has 0 aliphatic heterocycles. The summed E-state index contributed by atoms with van der Waals surface area (Å²) in [6.07, 6.45) is 1.41. The first-order valence-electron chi connectivity index (χ1n) is 6.39. The Bertz CT molecular complexity index is 653. The highest BCUT2D eigenvalue weighted by Gasteiger charge is 2.18. The lowest BCUT2D eigenvalue weighted by Gasteiger charge is -2.14. The van der Waals surface area contributed by atoms with E-state index in [1.54, 1.807) is 19.1 Å². The molecule has 5 nitrogen and oxygen atoms in total. The van der Waals surface area contributed by atoms with Crippen LogP contribution in [0.5, 0.6) is 0 Å². The number of hydrogen-bond acceptors (Lipinski definition) is 3. The van der Waals surface area contributed by atoms with Gasteiger partial charge in [-0.15, -0.1) is 0 Å². The third-order valence-electron chi connectivity index (χ3n) is 2.91. The van der Waals surface area contributed by atoms with Crippen molar-refractivity contribution < 1.29 is 14.0 Å². The van der Waals surface area contributed by atoms with E-state index < -0.39 is 11.9 Å². The Balaban J connectivity index is 1.96. The van der Waals surface area contributed by atoms with E-state index in [4.69, 9.17) is 4.42 Å². The summed E-state index contributed by atoms with van der Waals surface area (Å²) in [7, 11) is 0. The van der Waals surface area contributed by atoms with E-state index >= 15 is 0 Å². The van der Waals surface area contributed by atoms with Crippen molar-refractivity contribution in [2.75, 3.05) is 5.32 Å². The average Bonchev–Trinajstić information content (AvgIpc) is 2.97. The Morgan fingerprint density at radius 1 is 1.29 bits per heavy atom. The van der Waals surface area contributed by atoms with Crippen LogP contribution in [0, 0.1) is 6.92 Å². The largest absolute Gasteiger partial charge is 0.459 e. The molecule has 0 unspecified atom stereocenters. The van der Waals surface area contributed by atoms with Crippen LogP contribution in [0.4, 0.5) is 5.69 Å². The summed E-state index contributed by atoms with van der Waals surface area (Å²) >= 11 is 3.40. The van der Waals surface area contributed by atoms with Gasteiger partial charge in [-0.05, 0) is 49.7 Å². The number of hydrogen-bond donors (Lipinski definition) is 2. The maximum Gasteiger partial charge on any atom is 0.287 e. The lowest BCUT2D eigenvalue weighted by molar-refractivity contribution is -0.117. The Kier molecular flexibility index (Phi) is 4.80. The minimum atomic E-state index is -0.674. The molecule has 0 fully saturated rings. The molecule has 2 N–H and O–H groups in total. The molecule has 21 heavy (non-hydrogen) atoms. The molecule has 110 valence electrons. The van der Waals surface area contributed by atoms with Crippen molar-refractivity contribution in [3.05, 3.63) is 52.4 Å². The predicted molar refractivity (Wildman–Crippen MR) is 83.1 cm³/mol. The molecular formula is C15H15BrN2O3. The van der Waals surface area contributed by atoms with E-state index in [1.807, 2.05) is 19.1 Å². The van der Waals surface area contributed by atoms with Gasteiger partial charge in [0.05, 0.1) is 6.26 Å². The number of amides is 2. The number of nitrogens with one attached hydrogen (secondary N) is 2. The number of aryl methyl sites for hydroxylation is 1. The van der Waals surface area contributed by atoms with Gasteiger partial charge in [0.15, 0.2) is 5.76 Å². The van der Waals surface area contributed by atoms with Gasteiger partial charge in [0, 0.05) is 10.2 Å². The van der Waals surface area contributed by atoms with Crippen LogP contribution in [0.25, 0.3) is 0 Å². The van der Waals surface area contributed by atoms with E-state index in [2.05, 4.69) is 26.6 Å². The Hall–Kier alpha value is -2.08. The lowest BCUT2D eigenvalue weighted by atomic mass is 10.2. The number of benzene rings is 1. The van der Waals surface area contributed by atoms with Crippen LogP contribution in [0.3, 0.4) is 0 Å². The third-order valence-corrected chi connectivity index (χ3v) is 3.80. The van der Waals surface area contributed by atoms with Crippen LogP contribution in [0.2, 0.25) is 0 Å². The number of halogens is 1. The average molecular weight is 351 g/mol. The number of rotatable bonds is 4. The van der Waals surface area contributed by atoms with Gasteiger partial charge in [-0.1, -0.05) is 15.9 Å². The highest BCUT2D eigenvalue weighted by atomic mass is 79.9. The minimum Gasteiger partial charge on any atom is -0.459 e. The molecule has 1 aromatic carbocycles. The highest BCUT2D eigenvalue weighted by Crippen LogP contribution is 2.20. The number of carbonyl (C=O) groups excluding carboxylic acids is 2. The summed E-state index contributed by atoms with van der Waals surface area (Å²) in [6, 6.07) is 7.98. The van der Waals surface area contributed by atoms with Crippen molar-refractivity contribution in [3.8, 4) is 0 Å². The first-order chi connectivity index (χ1) is 9.97. The molecule has 6 heteroatoms. The topological polar surface area (TPSA) is 71.3 Å². The molecule has 2 aromatic rings. The molecule has 0 bridgehead atoms. The first kappa shape index (κ1) is 15.3. The molecule has 0 saturated carbocycles. The maximum absolute atomic E-state index is 12.0. The molecule has 0 radical (unpaired) electrons. The van der Waals surface area contributed by atoms with Crippen LogP contribution in [-0.2, 0) is 4.79 Å². The molecule has 0 aliphatic carbocycles. The van der Waals surface area contributed by atoms with Crippen LogP contribution < -0.4 is 10.6 Å². The van der Waals surface area contributed by atoms with Crippen LogP contribution >= 0.6 is 15.9 Å². The monoisotopic (exact) mass is 350 g/mol. The molecule has 1 aromatic heterocycles. The molecule has 1 atom stereocenters. The van der Waals surface area contributed by atoms with E-state index in [-0.39, 0.29) is 11.7 Å². The maximum atomic E-state index is 12.0. The lowest BCUT2D eigenvalue weighted by Crippen LogP contribution is -2.41. The summed E-state index contributed by atoms with van der Waals surface area (Å²) in [5.41, 5.74) is 1.69. The van der Waals surface area contributed by atoms with Gasteiger partial charge >= 0.3 is 0 Å². The summed E-state index contributed by atoms with van der Waals surface area (Å²) < 4.78 is 5.95. The normalized spacial score (nSPS) is 11.8. The molecule has 0 saturated heterocycles. The van der Waals surface area contributed by atoms with Crippen LogP contribution in [0.1, 0.15) is 23.0 Å². The second kappa shape index (κ2) is 6.58. The van der Waals surface area contributed by atoms with Gasteiger partial charge in [-0.3, -0.25) is 9.59 Å². The van der Waals surface area contributed by atoms with Gasteiger partial charge in [0.1, 0.15) is 6.04 Å².